The molecule has 1 N–H and O–H groups in total. The van der Waals surface area contributed by atoms with Crippen molar-refractivity contribution in [3.63, 3.8) is 0 Å². The van der Waals surface area contributed by atoms with Gasteiger partial charge in [0, 0.05) is 69.0 Å². The molecule has 8 rings (SSSR count). The van der Waals surface area contributed by atoms with Gasteiger partial charge in [-0.15, -0.1) is 0 Å². The fourth-order valence-corrected chi connectivity index (χ4v) is 9.05. The van der Waals surface area contributed by atoms with Crippen LogP contribution in [0.15, 0.2) is 85.2 Å². The number of nitrogens with one attached hydrogen (secondary N) is 1. The van der Waals surface area contributed by atoms with Crippen molar-refractivity contribution in [1.82, 2.24) is 19.8 Å². The summed E-state index contributed by atoms with van der Waals surface area (Å²) >= 11 is 0. The number of carbonyl (C=O) groups is 1. The normalized spacial score (nSPS) is 19.4. The van der Waals surface area contributed by atoms with Gasteiger partial charge >= 0.3 is 0 Å². The Kier molecular flexibility index (Phi) is 9.52. The number of nitrogens with zero attached hydrogens (tertiary/aromatic N) is 5. The van der Waals surface area contributed by atoms with Gasteiger partial charge in [0.05, 0.1) is 29.1 Å². The summed E-state index contributed by atoms with van der Waals surface area (Å²) < 4.78 is 21.9. The average molecular weight is 711 g/mol. The first-order valence-electron chi connectivity index (χ1n) is 18.9. The van der Waals surface area contributed by atoms with E-state index >= 15 is 4.39 Å². The summed E-state index contributed by atoms with van der Waals surface area (Å²) in [7, 11) is 0. The Morgan fingerprint density at radius 1 is 1.04 bits per heavy atom. The van der Waals surface area contributed by atoms with E-state index in [0.29, 0.717) is 40.8 Å². The van der Waals surface area contributed by atoms with Crippen molar-refractivity contribution in [3.05, 3.63) is 119 Å². The number of hydrogen-bond donors (Lipinski definition) is 1. The second-order valence-corrected chi connectivity index (χ2v) is 15.7. The van der Waals surface area contributed by atoms with Crippen molar-refractivity contribution < 1.29 is 13.9 Å². The Bertz CT molecular complexity index is 2160. The number of carbonyl (C=O) groups excluding carboxylic acids is 1. The van der Waals surface area contributed by atoms with E-state index in [1.54, 1.807) is 12.3 Å². The Labute approximate surface area is 311 Å². The van der Waals surface area contributed by atoms with Crippen LogP contribution in [0, 0.1) is 22.6 Å². The number of ketones is 1. The molecule has 2 aliphatic heterocycles. The smallest absolute Gasteiger partial charge is 0.163 e. The lowest BCUT2D eigenvalue weighted by Gasteiger charge is -2.58. The number of hydrogen-bond acceptors (Lipinski definition) is 7. The van der Waals surface area contributed by atoms with Crippen molar-refractivity contribution in [2.45, 2.75) is 71.0 Å². The first-order chi connectivity index (χ1) is 25.7. The number of anilines is 1. The van der Waals surface area contributed by atoms with Gasteiger partial charge in [-0.1, -0.05) is 50.2 Å². The molecule has 0 unspecified atom stereocenters. The zero-order valence-electron chi connectivity index (χ0n) is 30.8. The quantitative estimate of drug-likeness (QED) is 0.153. The number of piperidine rings is 1. The Hall–Kier alpha value is -5.04. The minimum atomic E-state index is -0.394. The zero-order valence-corrected chi connectivity index (χ0v) is 30.8. The van der Waals surface area contributed by atoms with E-state index in [-0.39, 0.29) is 16.8 Å². The van der Waals surface area contributed by atoms with E-state index in [0.717, 1.165) is 76.0 Å². The van der Waals surface area contributed by atoms with Crippen LogP contribution in [0.25, 0.3) is 11.0 Å². The number of aromatic nitrogens is 2. The van der Waals surface area contributed by atoms with Gasteiger partial charge in [0.2, 0.25) is 0 Å². The molecule has 3 fully saturated rings. The fraction of sp³-hybridized carbons (Fsp3) is 0.386. The minimum absolute atomic E-state index is 0.223. The van der Waals surface area contributed by atoms with Gasteiger partial charge < -0.3 is 14.6 Å². The van der Waals surface area contributed by atoms with Gasteiger partial charge in [-0.2, -0.15) is 5.26 Å². The van der Waals surface area contributed by atoms with Crippen molar-refractivity contribution in [2.24, 2.45) is 5.41 Å². The van der Waals surface area contributed by atoms with Gasteiger partial charge in [-0.3, -0.25) is 14.6 Å². The third-order valence-electron chi connectivity index (χ3n) is 12.0. The van der Waals surface area contributed by atoms with Crippen LogP contribution in [0.2, 0.25) is 0 Å². The van der Waals surface area contributed by atoms with Gasteiger partial charge in [0.15, 0.2) is 5.78 Å². The molecule has 4 heterocycles. The van der Waals surface area contributed by atoms with Gasteiger partial charge in [-0.25, -0.2) is 9.37 Å². The maximum Gasteiger partial charge on any atom is 0.163 e. The van der Waals surface area contributed by atoms with E-state index in [1.165, 1.54) is 29.7 Å². The molecule has 1 saturated carbocycles. The van der Waals surface area contributed by atoms with Gasteiger partial charge in [0.1, 0.15) is 23.0 Å². The first-order valence-corrected chi connectivity index (χ1v) is 18.9. The third kappa shape index (κ3) is 7.06. The average Bonchev–Trinajstić information content (AvgIpc) is 3.63. The molecule has 5 aromatic rings. The van der Waals surface area contributed by atoms with Crippen molar-refractivity contribution in [2.75, 3.05) is 37.6 Å². The summed E-state index contributed by atoms with van der Waals surface area (Å²) in [5, 5.41) is 10.2. The second kappa shape index (κ2) is 14.4. The van der Waals surface area contributed by atoms with Crippen LogP contribution in [0.1, 0.15) is 91.0 Å². The Balaban J connectivity index is 0.961. The molecule has 53 heavy (non-hydrogen) atoms. The number of rotatable bonds is 9. The number of piperazine rings is 1. The van der Waals surface area contributed by atoms with Crippen LogP contribution in [0.3, 0.4) is 0 Å². The molecular formula is C44H47FN6O2. The SMILES string of the molecule is CC(=O)c1cc(F)c(N2CCC3(CC2)CC(N2CCN(Cc4ccc(C#N)cc4)C[C@H]2c2ccccc2C(C)C)C3)cc1Oc1cnc2[nH]ccc2c1. The topological polar surface area (TPSA) is 88.5 Å². The lowest BCUT2D eigenvalue weighted by atomic mass is 9.59. The molecule has 272 valence electrons. The van der Waals surface area contributed by atoms with Crippen LogP contribution in [0.4, 0.5) is 10.1 Å². The number of aromatic amines is 1. The molecule has 2 aromatic heterocycles. The zero-order chi connectivity index (χ0) is 36.7. The van der Waals surface area contributed by atoms with Gasteiger partial charge in [-0.05, 0) is 91.0 Å². The maximum atomic E-state index is 15.7. The number of H-pyrrole nitrogens is 1. The Morgan fingerprint density at radius 2 is 1.81 bits per heavy atom. The maximum absolute atomic E-state index is 15.7. The highest BCUT2D eigenvalue weighted by atomic mass is 19.1. The summed E-state index contributed by atoms with van der Waals surface area (Å²) in [6.45, 7) is 11.4. The summed E-state index contributed by atoms with van der Waals surface area (Å²) in [6, 6.07) is 26.9. The number of benzene rings is 3. The first kappa shape index (κ1) is 35.0. The summed E-state index contributed by atoms with van der Waals surface area (Å²) in [6.07, 6.45) is 7.76. The molecule has 3 aromatic carbocycles. The second-order valence-electron chi connectivity index (χ2n) is 15.7. The largest absolute Gasteiger partial charge is 0.455 e. The third-order valence-corrected chi connectivity index (χ3v) is 12.0. The van der Waals surface area contributed by atoms with E-state index in [4.69, 9.17) is 4.74 Å². The summed E-state index contributed by atoms with van der Waals surface area (Å²) in [5.41, 5.74) is 6.51. The molecule has 0 amide bonds. The highest BCUT2D eigenvalue weighted by Crippen LogP contribution is 2.53. The molecule has 0 radical (unpaired) electrons. The number of ether oxygens (including phenoxy) is 1. The standard InChI is InChI=1S/C44H47FN6O2/c1-29(2)36-6-4-5-7-37(36)41-28-49(27-32-10-8-31(25-46)9-11-32)18-19-51(41)34-23-44(24-34)13-16-50(17-14-44)40-22-42(38(30(3)52)21-39(40)45)53-35-20-33-12-15-47-43(33)48-26-35/h4-12,15,20-22,26,29,34,41H,13-14,16-19,23-24,27-28H2,1-3H3,(H,47,48)/t41-/m0/s1. The number of fused-ring (bicyclic) bond motifs is 1. The molecule has 9 heteroatoms. The van der Waals surface area contributed by atoms with Crippen LogP contribution in [-0.4, -0.2) is 64.3 Å². The molecule has 1 aliphatic carbocycles. The summed E-state index contributed by atoms with van der Waals surface area (Å²) in [4.78, 5) is 27.5. The molecule has 1 atom stereocenters. The molecule has 8 nitrogen and oxygen atoms in total. The number of Topliss-reactive ketones (excluding diaryl/α,β-unsaturated/α-hetero) is 1. The molecular weight excluding hydrogens is 664 g/mol. The predicted octanol–water partition coefficient (Wildman–Crippen LogP) is 9.00. The van der Waals surface area contributed by atoms with Crippen molar-refractivity contribution >= 4 is 22.5 Å². The lowest BCUT2D eigenvalue weighted by molar-refractivity contribution is -0.0628. The minimum Gasteiger partial charge on any atom is -0.455 e. The monoisotopic (exact) mass is 710 g/mol. The van der Waals surface area contributed by atoms with Crippen LogP contribution in [0.5, 0.6) is 11.5 Å². The van der Waals surface area contributed by atoms with E-state index in [9.17, 15) is 10.1 Å². The number of pyridine rings is 1. The van der Waals surface area contributed by atoms with Crippen LogP contribution in [-0.2, 0) is 6.54 Å². The predicted molar refractivity (Wildman–Crippen MR) is 206 cm³/mol. The van der Waals surface area contributed by atoms with Crippen molar-refractivity contribution in [1.29, 1.82) is 5.26 Å². The molecule has 3 aliphatic rings. The van der Waals surface area contributed by atoms with E-state index in [2.05, 4.69) is 81.0 Å². The van der Waals surface area contributed by atoms with Crippen LogP contribution < -0.4 is 9.64 Å². The fourth-order valence-electron chi connectivity index (χ4n) is 9.05. The highest BCUT2D eigenvalue weighted by molar-refractivity contribution is 5.97. The summed E-state index contributed by atoms with van der Waals surface area (Å²) in [5.74, 6) is 0.646. The number of halogens is 1. The lowest BCUT2D eigenvalue weighted by Crippen LogP contribution is -2.60. The van der Waals surface area contributed by atoms with Crippen LogP contribution >= 0.6 is 0 Å². The van der Waals surface area contributed by atoms with Gasteiger partial charge in [0.25, 0.3) is 0 Å². The van der Waals surface area contributed by atoms with E-state index < -0.39 is 5.82 Å². The Morgan fingerprint density at radius 3 is 2.55 bits per heavy atom. The van der Waals surface area contributed by atoms with E-state index in [1.807, 2.05) is 30.5 Å². The number of nitriles is 1. The molecule has 1 spiro atoms. The van der Waals surface area contributed by atoms with Crippen molar-refractivity contribution in [3.8, 4) is 17.6 Å². The molecule has 0 bridgehead atoms. The highest BCUT2D eigenvalue weighted by Gasteiger charge is 2.50. The molecule has 2 saturated heterocycles.